The lowest BCUT2D eigenvalue weighted by Gasteiger charge is -2.05. The van der Waals surface area contributed by atoms with Crippen LogP contribution in [0.25, 0.3) is 0 Å². The van der Waals surface area contributed by atoms with Crippen LogP contribution in [0.3, 0.4) is 0 Å². The first-order chi connectivity index (χ1) is 3.80. The van der Waals surface area contributed by atoms with Gasteiger partial charge in [0.1, 0.15) is 13.0 Å². The fourth-order valence-corrected chi connectivity index (χ4v) is 0.415. The molecule has 0 atom stereocenters. The van der Waals surface area contributed by atoms with Gasteiger partial charge in [0.25, 0.3) is 0 Å². The maximum absolute atomic E-state index is 10.2. The number of urea groups is 1. The average Bonchev–Trinajstić information content (AvgIpc) is 2.12. The maximum Gasteiger partial charge on any atom is 0.334 e. The fourth-order valence-electron chi connectivity index (χ4n) is 0.415. The number of nitrogens with two attached hydrogens (primary N) is 1. The highest BCUT2D eigenvalue weighted by atomic mass is 16.2. The zero-order valence-corrected chi connectivity index (χ0v) is 4.16. The summed E-state index contributed by atoms with van der Waals surface area (Å²) in [4.78, 5) is 13.9. The van der Waals surface area contributed by atoms with Crippen molar-refractivity contribution < 1.29 is 4.79 Å². The minimum Gasteiger partial charge on any atom is -0.350 e. The van der Waals surface area contributed by atoms with Gasteiger partial charge >= 0.3 is 6.03 Å². The third kappa shape index (κ3) is 0.760. The lowest BCUT2D eigenvalue weighted by atomic mass is 11.0. The molecule has 0 aromatic carbocycles. The zero-order valence-electron chi connectivity index (χ0n) is 4.16. The second-order valence-electron chi connectivity index (χ2n) is 1.32. The van der Waals surface area contributed by atoms with Crippen LogP contribution in [0.2, 0.25) is 0 Å². The molecule has 0 spiro atoms. The van der Waals surface area contributed by atoms with Crippen molar-refractivity contribution in [3.8, 4) is 0 Å². The Kier molecular flexibility index (Phi) is 1.13. The second kappa shape index (κ2) is 1.79. The van der Waals surface area contributed by atoms with Gasteiger partial charge < -0.3 is 5.73 Å². The second-order valence-corrected chi connectivity index (χ2v) is 1.32. The van der Waals surface area contributed by atoms with Gasteiger partial charge in [0, 0.05) is 0 Å². The van der Waals surface area contributed by atoms with Gasteiger partial charge in [0.05, 0.1) is 0 Å². The Morgan fingerprint density at radius 2 is 2.75 bits per heavy atom. The van der Waals surface area contributed by atoms with E-state index in [9.17, 15) is 4.79 Å². The molecule has 2 amide bonds. The van der Waals surface area contributed by atoms with E-state index >= 15 is 0 Å². The Morgan fingerprint density at radius 1 is 2.00 bits per heavy atom. The highest BCUT2D eigenvalue weighted by Gasteiger charge is 2.07. The summed E-state index contributed by atoms with van der Waals surface area (Å²) < 4.78 is 0. The summed E-state index contributed by atoms with van der Waals surface area (Å²) in [5.74, 6) is 0. The largest absolute Gasteiger partial charge is 0.350 e. The minimum atomic E-state index is -0.536. The first-order valence-electron chi connectivity index (χ1n) is 2.13. The molecule has 0 aromatic heterocycles. The van der Waals surface area contributed by atoms with E-state index < -0.39 is 6.03 Å². The summed E-state index contributed by atoms with van der Waals surface area (Å²) in [5.41, 5.74) is 7.42. The van der Waals surface area contributed by atoms with E-state index in [4.69, 9.17) is 5.73 Å². The molecule has 1 rings (SSSR count). The molecule has 5 heteroatoms. The third-order valence-corrected chi connectivity index (χ3v) is 0.767. The number of aliphatic imine (C=N–C) groups is 1. The molecule has 0 fully saturated rings. The number of rotatable bonds is 0. The van der Waals surface area contributed by atoms with Gasteiger partial charge in [-0.1, -0.05) is 0 Å². The van der Waals surface area contributed by atoms with Crippen LogP contribution in [0.15, 0.2) is 4.99 Å². The molecule has 0 saturated heterocycles. The number of hydrogen-bond acceptors (Lipinski definition) is 3. The van der Waals surface area contributed by atoms with Crippen molar-refractivity contribution in [3.63, 3.8) is 0 Å². The number of carbonyl (C=O) groups excluding carboxylic acids is 1. The van der Waals surface area contributed by atoms with Gasteiger partial charge in [0.2, 0.25) is 0 Å². The molecular formula is C3H6N4O. The summed E-state index contributed by atoms with van der Waals surface area (Å²) in [6, 6.07) is -0.536. The molecule has 5 nitrogen and oxygen atoms in total. The van der Waals surface area contributed by atoms with Crippen molar-refractivity contribution in [2.75, 3.05) is 6.67 Å². The molecule has 0 bridgehead atoms. The van der Waals surface area contributed by atoms with Crippen LogP contribution in [0.4, 0.5) is 4.79 Å². The zero-order chi connectivity index (χ0) is 5.98. The monoisotopic (exact) mass is 114 g/mol. The summed E-state index contributed by atoms with van der Waals surface area (Å²) in [6.07, 6.45) is 1.35. The molecule has 0 unspecified atom stereocenters. The molecular weight excluding hydrogens is 108 g/mol. The van der Waals surface area contributed by atoms with Crippen LogP contribution < -0.4 is 11.2 Å². The predicted octanol–water partition coefficient (Wildman–Crippen LogP) is -1.13. The van der Waals surface area contributed by atoms with Gasteiger partial charge in [-0.05, 0) is 0 Å². The summed E-state index contributed by atoms with van der Waals surface area (Å²) >= 11 is 0. The molecule has 1 aliphatic heterocycles. The lowest BCUT2D eigenvalue weighted by molar-refractivity contribution is 0.222. The fraction of sp³-hybridized carbons (Fsp3) is 0.333. The molecule has 0 aliphatic carbocycles. The summed E-state index contributed by atoms with van der Waals surface area (Å²) in [7, 11) is 0. The standard InChI is InChI=1S/C3H6N4O/c4-3(8)7-2-5-1-6-7/h2,6H,1H2,(H2,4,8). The Hall–Kier alpha value is -1.10. The van der Waals surface area contributed by atoms with Gasteiger partial charge in [-0.15, -0.1) is 0 Å². The van der Waals surface area contributed by atoms with Crippen molar-refractivity contribution in [2.45, 2.75) is 0 Å². The van der Waals surface area contributed by atoms with Crippen molar-refractivity contribution in [2.24, 2.45) is 10.7 Å². The van der Waals surface area contributed by atoms with E-state index in [0.29, 0.717) is 6.67 Å². The SMILES string of the molecule is NC(=O)N1C=NCN1. The van der Waals surface area contributed by atoms with Crippen LogP contribution in [-0.4, -0.2) is 24.0 Å². The van der Waals surface area contributed by atoms with Crippen LogP contribution in [0.5, 0.6) is 0 Å². The highest BCUT2D eigenvalue weighted by Crippen LogP contribution is 1.82. The molecule has 0 saturated carbocycles. The van der Waals surface area contributed by atoms with E-state index in [1.807, 2.05) is 0 Å². The van der Waals surface area contributed by atoms with E-state index in [2.05, 4.69) is 10.4 Å². The summed E-state index contributed by atoms with van der Waals surface area (Å²) in [6.45, 7) is 0.433. The quantitative estimate of drug-likeness (QED) is 0.418. The van der Waals surface area contributed by atoms with E-state index in [0.717, 1.165) is 5.01 Å². The van der Waals surface area contributed by atoms with Crippen LogP contribution in [0, 0.1) is 0 Å². The third-order valence-electron chi connectivity index (χ3n) is 0.767. The average molecular weight is 114 g/mol. The van der Waals surface area contributed by atoms with Gasteiger partial charge in [-0.25, -0.2) is 15.2 Å². The normalized spacial score (nSPS) is 17.2. The Balaban J connectivity index is 2.48. The number of amides is 2. The van der Waals surface area contributed by atoms with Gasteiger partial charge in [-0.3, -0.25) is 4.99 Å². The number of primary amides is 1. The molecule has 8 heavy (non-hydrogen) atoms. The van der Waals surface area contributed by atoms with Crippen molar-refractivity contribution in [1.29, 1.82) is 0 Å². The van der Waals surface area contributed by atoms with Crippen LogP contribution in [-0.2, 0) is 0 Å². The van der Waals surface area contributed by atoms with Gasteiger partial charge in [0.15, 0.2) is 0 Å². The number of hydrogen-bond donors (Lipinski definition) is 2. The topological polar surface area (TPSA) is 70.7 Å². The molecule has 3 N–H and O–H groups in total. The first kappa shape index (κ1) is 5.04. The van der Waals surface area contributed by atoms with Crippen molar-refractivity contribution >= 4 is 12.4 Å². The highest BCUT2D eigenvalue weighted by molar-refractivity contribution is 5.85. The number of hydrazine groups is 1. The molecule has 1 aliphatic rings. The number of nitrogens with one attached hydrogen (secondary N) is 1. The predicted molar refractivity (Wildman–Crippen MR) is 27.9 cm³/mol. The minimum absolute atomic E-state index is 0.433. The molecule has 0 radical (unpaired) electrons. The molecule has 0 aromatic rings. The Bertz CT molecular complexity index is 131. The van der Waals surface area contributed by atoms with E-state index in [1.54, 1.807) is 0 Å². The maximum atomic E-state index is 10.2. The number of nitrogens with zero attached hydrogens (tertiary/aromatic N) is 2. The van der Waals surface area contributed by atoms with Gasteiger partial charge in [-0.2, -0.15) is 0 Å². The van der Waals surface area contributed by atoms with Crippen LogP contribution in [0.1, 0.15) is 0 Å². The smallest absolute Gasteiger partial charge is 0.334 e. The Morgan fingerprint density at radius 3 is 3.00 bits per heavy atom. The number of carbonyl (C=O) groups is 1. The lowest BCUT2D eigenvalue weighted by Crippen LogP contribution is -2.40. The molecule has 44 valence electrons. The molecule has 1 heterocycles. The van der Waals surface area contributed by atoms with Crippen molar-refractivity contribution in [1.82, 2.24) is 10.4 Å². The van der Waals surface area contributed by atoms with Crippen molar-refractivity contribution in [3.05, 3.63) is 0 Å². The summed E-state index contributed by atoms with van der Waals surface area (Å²) in [5, 5.41) is 1.12. The first-order valence-corrected chi connectivity index (χ1v) is 2.13. The van der Waals surface area contributed by atoms with E-state index in [-0.39, 0.29) is 0 Å². The van der Waals surface area contributed by atoms with Crippen LogP contribution >= 0.6 is 0 Å². The van der Waals surface area contributed by atoms with E-state index in [1.165, 1.54) is 6.34 Å². The Labute approximate surface area is 46.1 Å².